The van der Waals surface area contributed by atoms with Gasteiger partial charge in [0.1, 0.15) is 0 Å². The zero-order valence-corrected chi connectivity index (χ0v) is 11.3. The van der Waals surface area contributed by atoms with E-state index in [1.54, 1.807) is 0 Å². The van der Waals surface area contributed by atoms with Gasteiger partial charge >= 0.3 is 0 Å². The molecular weight excluding hydrogens is 244 g/mol. The number of para-hydroxylation sites is 2. The first kappa shape index (κ1) is 11.5. The summed E-state index contributed by atoms with van der Waals surface area (Å²) in [5, 5.41) is 3.59. The molecule has 98 valence electrons. The van der Waals surface area contributed by atoms with Crippen molar-refractivity contribution in [3.63, 3.8) is 0 Å². The van der Waals surface area contributed by atoms with Crippen molar-refractivity contribution in [3.8, 4) is 0 Å². The van der Waals surface area contributed by atoms with Crippen LogP contribution in [0.3, 0.4) is 0 Å². The molecule has 2 heteroatoms. The molecule has 4 rings (SSSR count). The SMILES string of the molecule is c1ccc(C2=Nc3ccccc3NC3=C2CCC3)cc1. The Morgan fingerprint density at radius 2 is 1.65 bits per heavy atom. The number of hydrogen-bond donors (Lipinski definition) is 1. The minimum absolute atomic E-state index is 1.03. The Bertz CT molecular complexity index is 711. The maximum absolute atomic E-state index is 4.95. The summed E-state index contributed by atoms with van der Waals surface area (Å²) in [5.74, 6) is 0. The molecule has 1 aliphatic heterocycles. The third kappa shape index (κ3) is 1.85. The molecule has 0 atom stereocenters. The Morgan fingerprint density at radius 3 is 2.55 bits per heavy atom. The maximum Gasteiger partial charge on any atom is 0.0872 e. The summed E-state index contributed by atoms with van der Waals surface area (Å²) in [6.45, 7) is 0. The lowest BCUT2D eigenvalue weighted by molar-refractivity contribution is 0.902. The standard InChI is InChI=1S/C18H16N2/c1-2-7-13(8-3-1)18-14-9-6-12-15(14)19-16-10-4-5-11-17(16)20-18/h1-5,7-8,10-11,19H,6,9,12H2. The van der Waals surface area contributed by atoms with Crippen LogP contribution in [0.2, 0.25) is 0 Å². The highest BCUT2D eigenvalue weighted by Gasteiger charge is 2.23. The monoisotopic (exact) mass is 260 g/mol. The van der Waals surface area contributed by atoms with Gasteiger partial charge in [-0.3, -0.25) is 0 Å². The third-order valence-corrected chi connectivity index (χ3v) is 3.97. The molecule has 0 spiro atoms. The first-order valence-electron chi connectivity index (χ1n) is 7.14. The Hall–Kier alpha value is -2.35. The quantitative estimate of drug-likeness (QED) is 0.791. The lowest BCUT2D eigenvalue weighted by Crippen LogP contribution is -2.06. The van der Waals surface area contributed by atoms with E-state index in [0.717, 1.165) is 29.9 Å². The zero-order chi connectivity index (χ0) is 13.4. The van der Waals surface area contributed by atoms with Crippen LogP contribution >= 0.6 is 0 Å². The van der Waals surface area contributed by atoms with E-state index in [1.165, 1.54) is 23.3 Å². The molecule has 0 aromatic heterocycles. The fourth-order valence-corrected chi connectivity index (χ4v) is 3.01. The fraction of sp³-hybridized carbons (Fsp3) is 0.167. The number of nitrogens with zero attached hydrogens (tertiary/aromatic N) is 1. The van der Waals surface area contributed by atoms with Crippen molar-refractivity contribution < 1.29 is 0 Å². The Balaban J connectivity index is 1.93. The van der Waals surface area contributed by atoms with Crippen LogP contribution in [0, 0.1) is 0 Å². The highest BCUT2D eigenvalue weighted by Crippen LogP contribution is 2.37. The van der Waals surface area contributed by atoms with Gasteiger partial charge in [-0.05, 0) is 37.0 Å². The van der Waals surface area contributed by atoms with Crippen LogP contribution in [0.1, 0.15) is 24.8 Å². The smallest absolute Gasteiger partial charge is 0.0872 e. The van der Waals surface area contributed by atoms with Gasteiger partial charge in [-0.25, -0.2) is 4.99 Å². The highest BCUT2D eigenvalue weighted by atomic mass is 15.0. The Kier molecular flexibility index (Phi) is 2.66. The minimum Gasteiger partial charge on any atom is -0.357 e. The number of allylic oxidation sites excluding steroid dienone is 2. The molecule has 0 unspecified atom stereocenters. The van der Waals surface area contributed by atoms with Crippen molar-refractivity contribution in [2.45, 2.75) is 19.3 Å². The molecule has 0 fully saturated rings. The Labute approximate surface area is 118 Å². The second-order valence-corrected chi connectivity index (χ2v) is 5.28. The van der Waals surface area contributed by atoms with Gasteiger partial charge in [0, 0.05) is 11.3 Å². The molecule has 1 N–H and O–H groups in total. The lowest BCUT2D eigenvalue weighted by atomic mass is 10.0. The van der Waals surface area contributed by atoms with Crippen molar-refractivity contribution in [2.24, 2.45) is 4.99 Å². The van der Waals surface area contributed by atoms with E-state index in [2.05, 4.69) is 53.8 Å². The predicted octanol–water partition coefficient (Wildman–Crippen LogP) is 4.67. The van der Waals surface area contributed by atoms with Crippen molar-refractivity contribution in [2.75, 3.05) is 5.32 Å². The summed E-state index contributed by atoms with van der Waals surface area (Å²) in [6.07, 6.45) is 3.45. The first-order chi connectivity index (χ1) is 9.92. The molecule has 0 bridgehead atoms. The van der Waals surface area contributed by atoms with E-state index >= 15 is 0 Å². The van der Waals surface area contributed by atoms with E-state index in [9.17, 15) is 0 Å². The normalized spacial score (nSPS) is 16.9. The van der Waals surface area contributed by atoms with Gasteiger partial charge in [0.25, 0.3) is 0 Å². The number of fused-ring (bicyclic) bond motifs is 1. The molecule has 0 radical (unpaired) electrons. The van der Waals surface area contributed by atoms with Gasteiger partial charge < -0.3 is 5.32 Å². The van der Waals surface area contributed by atoms with Gasteiger partial charge in [-0.15, -0.1) is 0 Å². The molecule has 1 heterocycles. The second kappa shape index (κ2) is 4.64. The molecule has 2 aliphatic rings. The lowest BCUT2D eigenvalue weighted by Gasteiger charge is -2.08. The van der Waals surface area contributed by atoms with E-state index in [0.29, 0.717) is 0 Å². The van der Waals surface area contributed by atoms with Crippen molar-refractivity contribution in [1.29, 1.82) is 0 Å². The van der Waals surface area contributed by atoms with Crippen LogP contribution in [-0.4, -0.2) is 5.71 Å². The summed E-state index contributed by atoms with van der Waals surface area (Å²) in [6, 6.07) is 18.8. The molecule has 20 heavy (non-hydrogen) atoms. The number of nitrogens with one attached hydrogen (secondary N) is 1. The van der Waals surface area contributed by atoms with Crippen molar-refractivity contribution in [3.05, 3.63) is 71.4 Å². The average Bonchev–Trinajstić information content (AvgIpc) is 2.89. The molecule has 2 aromatic carbocycles. The van der Waals surface area contributed by atoms with Crippen LogP contribution < -0.4 is 5.32 Å². The summed E-state index contributed by atoms with van der Waals surface area (Å²) < 4.78 is 0. The molecule has 2 nitrogen and oxygen atoms in total. The van der Waals surface area contributed by atoms with Gasteiger partial charge in [-0.1, -0.05) is 42.5 Å². The molecule has 0 saturated carbocycles. The van der Waals surface area contributed by atoms with Gasteiger partial charge in [0.15, 0.2) is 0 Å². The van der Waals surface area contributed by atoms with E-state index in [-0.39, 0.29) is 0 Å². The average molecular weight is 260 g/mol. The van der Waals surface area contributed by atoms with Gasteiger partial charge in [-0.2, -0.15) is 0 Å². The molecule has 0 saturated heterocycles. The number of benzene rings is 2. The fourth-order valence-electron chi connectivity index (χ4n) is 3.01. The Morgan fingerprint density at radius 1 is 0.850 bits per heavy atom. The topological polar surface area (TPSA) is 24.4 Å². The maximum atomic E-state index is 4.95. The van der Waals surface area contributed by atoms with Gasteiger partial charge in [0.2, 0.25) is 0 Å². The van der Waals surface area contributed by atoms with Gasteiger partial charge in [0.05, 0.1) is 17.1 Å². The molecule has 1 aliphatic carbocycles. The molecule has 2 aromatic rings. The summed E-state index contributed by atoms with van der Waals surface area (Å²) >= 11 is 0. The first-order valence-corrected chi connectivity index (χ1v) is 7.14. The largest absolute Gasteiger partial charge is 0.357 e. The van der Waals surface area contributed by atoms with Crippen LogP contribution in [0.5, 0.6) is 0 Å². The summed E-state index contributed by atoms with van der Waals surface area (Å²) in [4.78, 5) is 4.95. The van der Waals surface area contributed by atoms with E-state index in [4.69, 9.17) is 4.99 Å². The zero-order valence-electron chi connectivity index (χ0n) is 11.3. The summed E-state index contributed by atoms with van der Waals surface area (Å²) in [7, 11) is 0. The second-order valence-electron chi connectivity index (χ2n) is 5.28. The predicted molar refractivity (Wildman–Crippen MR) is 83.6 cm³/mol. The molecular formula is C18H16N2. The number of rotatable bonds is 1. The highest BCUT2D eigenvalue weighted by molar-refractivity contribution is 6.15. The minimum atomic E-state index is 1.03. The van der Waals surface area contributed by atoms with Crippen LogP contribution in [0.25, 0.3) is 0 Å². The van der Waals surface area contributed by atoms with E-state index in [1.807, 2.05) is 6.07 Å². The van der Waals surface area contributed by atoms with Crippen LogP contribution in [-0.2, 0) is 0 Å². The van der Waals surface area contributed by atoms with Crippen molar-refractivity contribution >= 4 is 17.1 Å². The number of anilines is 1. The number of aliphatic imine (C=N–C) groups is 1. The number of hydrogen-bond acceptors (Lipinski definition) is 2. The third-order valence-electron chi connectivity index (χ3n) is 3.97. The molecule has 0 amide bonds. The van der Waals surface area contributed by atoms with Crippen molar-refractivity contribution in [1.82, 2.24) is 0 Å². The summed E-state index contributed by atoms with van der Waals surface area (Å²) in [5.41, 5.74) is 7.22. The van der Waals surface area contributed by atoms with Crippen LogP contribution in [0.15, 0.2) is 70.9 Å². The van der Waals surface area contributed by atoms with E-state index < -0.39 is 0 Å². The van der Waals surface area contributed by atoms with Crippen LogP contribution in [0.4, 0.5) is 11.4 Å².